The number of amides is 2. The molecule has 2 amide bonds. The number of hydrogen-bond acceptors (Lipinski definition) is 6. The van der Waals surface area contributed by atoms with Crippen LogP contribution < -0.4 is 10.1 Å². The molecule has 13 heteroatoms. The van der Waals surface area contributed by atoms with Gasteiger partial charge in [-0.1, -0.05) is 0 Å². The molecular weight excluding hydrogens is 532 g/mol. The number of nitrogens with one attached hydrogen (secondary N) is 2. The van der Waals surface area contributed by atoms with Crippen molar-refractivity contribution in [3.05, 3.63) is 29.8 Å². The predicted octanol–water partition coefficient (Wildman–Crippen LogP) is 4.53. The van der Waals surface area contributed by atoms with Crippen molar-refractivity contribution in [2.24, 2.45) is 11.3 Å². The topological polar surface area (TPSA) is 124 Å². The third-order valence-electron chi connectivity index (χ3n) is 8.78. The number of nitrogens with zero attached hydrogens (tertiary/aromatic N) is 4. The molecule has 0 radical (unpaired) electrons. The Balaban J connectivity index is 1.20. The zero-order valence-electron chi connectivity index (χ0n) is 22.0. The number of nitriles is 1. The van der Waals surface area contributed by atoms with Gasteiger partial charge in [0.25, 0.3) is 5.91 Å². The Morgan fingerprint density at radius 1 is 1.23 bits per heavy atom. The molecule has 3 heterocycles. The number of halogens is 4. The smallest absolute Gasteiger partial charge is 0.395 e. The van der Waals surface area contributed by atoms with Crippen LogP contribution in [0.1, 0.15) is 68.3 Å². The largest absolute Gasteiger partial charge is 0.481 e. The van der Waals surface area contributed by atoms with Gasteiger partial charge in [0.2, 0.25) is 11.8 Å². The maximum absolute atomic E-state index is 14.3. The van der Waals surface area contributed by atoms with Gasteiger partial charge in [-0.15, -0.1) is 0 Å². The lowest BCUT2D eigenvalue weighted by Crippen LogP contribution is -2.52. The summed E-state index contributed by atoms with van der Waals surface area (Å²) in [5.74, 6) is -1.25. The van der Waals surface area contributed by atoms with Crippen molar-refractivity contribution in [2.75, 3.05) is 13.7 Å². The first-order valence-corrected chi connectivity index (χ1v) is 13.3. The van der Waals surface area contributed by atoms with E-state index >= 15 is 0 Å². The van der Waals surface area contributed by atoms with Crippen LogP contribution in [0, 0.1) is 28.5 Å². The monoisotopic (exact) mass is 562 g/mol. The summed E-state index contributed by atoms with van der Waals surface area (Å²) < 4.78 is 60.2. The van der Waals surface area contributed by atoms with E-state index in [2.05, 4.69) is 20.5 Å². The lowest BCUT2D eigenvalue weighted by molar-refractivity contribution is -0.234. The Morgan fingerprint density at radius 2 is 1.95 bits per heavy atom. The number of carbonyl (C=O) groups is 2. The number of carbonyl (C=O) groups excluding carboxylic acids is 2. The van der Waals surface area contributed by atoms with E-state index in [1.807, 2.05) is 0 Å². The van der Waals surface area contributed by atoms with Gasteiger partial charge < -0.3 is 15.0 Å². The fourth-order valence-electron chi connectivity index (χ4n) is 6.14. The van der Waals surface area contributed by atoms with E-state index in [0.717, 1.165) is 19.0 Å². The summed E-state index contributed by atoms with van der Waals surface area (Å²) in [6.45, 7) is 0.334. The van der Waals surface area contributed by atoms with Crippen LogP contribution in [0.15, 0.2) is 18.3 Å². The summed E-state index contributed by atoms with van der Waals surface area (Å²) in [5.41, 5.74) is -1.87. The zero-order valence-corrected chi connectivity index (χ0v) is 22.0. The van der Waals surface area contributed by atoms with Gasteiger partial charge in [-0.05, 0) is 57.4 Å². The Hall–Kier alpha value is -3.69. The van der Waals surface area contributed by atoms with Gasteiger partial charge in [0.1, 0.15) is 0 Å². The molecule has 2 aromatic rings. The average molecular weight is 563 g/mol. The van der Waals surface area contributed by atoms with Gasteiger partial charge in [-0.3, -0.25) is 14.7 Å². The molecule has 5 rings (SSSR count). The minimum absolute atomic E-state index is 0.132. The molecule has 0 bridgehead atoms. The van der Waals surface area contributed by atoms with Crippen LogP contribution in [0.25, 0.3) is 11.3 Å². The lowest BCUT2D eigenvalue weighted by atomic mass is 9.70. The van der Waals surface area contributed by atoms with Crippen molar-refractivity contribution in [3.8, 4) is 23.2 Å². The van der Waals surface area contributed by atoms with E-state index < -0.39 is 29.4 Å². The van der Waals surface area contributed by atoms with E-state index in [4.69, 9.17) is 10.00 Å². The molecule has 1 atom stereocenters. The van der Waals surface area contributed by atoms with Crippen LogP contribution in [-0.2, 0) is 4.79 Å². The Kier molecular flexibility index (Phi) is 7.22. The minimum atomic E-state index is -4.45. The van der Waals surface area contributed by atoms with Crippen molar-refractivity contribution in [2.45, 2.75) is 75.5 Å². The van der Waals surface area contributed by atoms with Crippen molar-refractivity contribution < 1.29 is 31.9 Å². The number of ether oxygens (including phenoxy) is 1. The van der Waals surface area contributed by atoms with Gasteiger partial charge in [0, 0.05) is 42.1 Å². The highest BCUT2D eigenvalue weighted by Gasteiger charge is 2.57. The Labute approximate surface area is 228 Å². The average Bonchev–Trinajstić information content (AvgIpc) is 3.50. The Bertz CT molecular complexity index is 1320. The first-order chi connectivity index (χ1) is 19.0. The van der Waals surface area contributed by atoms with Crippen LogP contribution >= 0.6 is 0 Å². The third-order valence-corrected chi connectivity index (χ3v) is 8.78. The molecule has 2 aromatic heterocycles. The molecule has 1 spiro atoms. The summed E-state index contributed by atoms with van der Waals surface area (Å²) >= 11 is 0. The number of methoxy groups -OCH3 is 1. The number of aromatic amines is 1. The van der Waals surface area contributed by atoms with E-state index in [1.165, 1.54) is 19.2 Å². The fraction of sp³-hybridized carbons (Fsp3) is 0.593. The highest BCUT2D eigenvalue weighted by Crippen LogP contribution is 2.52. The van der Waals surface area contributed by atoms with Crippen molar-refractivity contribution >= 4 is 11.8 Å². The van der Waals surface area contributed by atoms with Crippen molar-refractivity contribution in [1.29, 1.82) is 5.26 Å². The number of pyridine rings is 1. The molecule has 1 saturated heterocycles. The van der Waals surface area contributed by atoms with Gasteiger partial charge >= 0.3 is 6.18 Å². The number of hydrogen-bond donors (Lipinski definition) is 2. The molecule has 2 N–H and O–H groups in total. The number of likely N-dealkylation sites (tertiary alicyclic amines) is 1. The van der Waals surface area contributed by atoms with Crippen molar-refractivity contribution in [3.63, 3.8) is 0 Å². The summed E-state index contributed by atoms with van der Waals surface area (Å²) in [5, 5.41) is 18.7. The van der Waals surface area contributed by atoms with Crippen LogP contribution in [0.3, 0.4) is 0 Å². The van der Waals surface area contributed by atoms with Crippen LogP contribution in [-0.4, -0.2) is 63.3 Å². The molecule has 0 unspecified atom stereocenters. The number of alkyl halides is 3. The molecule has 40 heavy (non-hydrogen) atoms. The molecule has 214 valence electrons. The van der Waals surface area contributed by atoms with Crippen LogP contribution in [0.2, 0.25) is 0 Å². The Morgan fingerprint density at radius 3 is 2.58 bits per heavy atom. The SMILES string of the molecule is COc1cc(-c2cc(C(=O)N3CC[C@H](C(=O)NC4CCC(CC#N)(C(F)(F)F)CC4)CC34CC4)n[nH]2)c(F)cn1. The molecular formula is C27H30F4N6O3. The molecule has 3 fully saturated rings. The van der Waals surface area contributed by atoms with Gasteiger partial charge in [-0.2, -0.15) is 23.5 Å². The number of rotatable bonds is 6. The normalized spacial score (nSPS) is 25.8. The second kappa shape index (κ2) is 10.4. The number of aromatic nitrogens is 3. The summed E-state index contributed by atoms with van der Waals surface area (Å²) in [6, 6.07) is 4.19. The first-order valence-electron chi connectivity index (χ1n) is 13.3. The van der Waals surface area contributed by atoms with E-state index in [1.54, 1.807) is 11.0 Å². The van der Waals surface area contributed by atoms with Crippen LogP contribution in [0.4, 0.5) is 17.6 Å². The van der Waals surface area contributed by atoms with Crippen molar-refractivity contribution in [1.82, 2.24) is 25.4 Å². The van der Waals surface area contributed by atoms with E-state index in [-0.39, 0.29) is 66.6 Å². The molecule has 2 saturated carbocycles. The summed E-state index contributed by atoms with van der Waals surface area (Å²) in [4.78, 5) is 32.0. The highest BCUT2D eigenvalue weighted by atomic mass is 19.4. The second-order valence-electron chi connectivity index (χ2n) is 11.1. The first kappa shape index (κ1) is 27.9. The lowest BCUT2D eigenvalue weighted by Gasteiger charge is -2.42. The maximum atomic E-state index is 14.3. The predicted molar refractivity (Wildman–Crippen MR) is 133 cm³/mol. The molecule has 0 aromatic carbocycles. The van der Waals surface area contributed by atoms with Gasteiger partial charge in [0.15, 0.2) is 11.5 Å². The van der Waals surface area contributed by atoms with Gasteiger partial charge in [0.05, 0.1) is 30.5 Å². The number of H-pyrrole nitrogens is 1. The van der Waals surface area contributed by atoms with Gasteiger partial charge in [-0.25, -0.2) is 9.37 Å². The minimum Gasteiger partial charge on any atom is -0.481 e. The molecule has 1 aliphatic heterocycles. The van der Waals surface area contributed by atoms with E-state index in [0.29, 0.717) is 25.1 Å². The fourth-order valence-corrected chi connectivity index (χ4v) is 6.14. The molecule has 9 nitrogen and oxygen atoms in total. The summed E-state index contributed by atoms with van der Waals surface area (Å²) in [6.07, 6.45) is -1.68. The quantitative estimate of drug-likeness (QED) is 0.499. The highest BCUT2D eigenvalue weighted by molar-refractivity contribution is 5.94. The molecule has 2 aliphatic carbocycles. The molecule has 3 aliphatic rings. The van der Waals surface area contributed by atoms with E-state index in [9.17, 15) is 27.2 Å². The summed E-state index contributed by atoms with van der Waals surface area (Å²) in [7, 11) is 1.41. The zero-order chi connectivity index (χ0) is 28.7. The third kappa shape index (κ3) is 5.11. The standard InChI is InChI=1S/C27H30F4N6O3/c1-40-22-12-18(19(28)15-33-22)20-13-21(36-35-20)24(39)37-11-4-16(14-26(37)7-8-26)23(38)34-17-2-5-25(6-3-17,9-10-32)27(29,30)31/h12-13,15-17H,2-9,11,14H2,1H3,(H,34,38)(H,35,36)/t16-,17?,25?/m0/s1. The second-order valence-corrected chi connectivity index (χ2v) is 11.1. The van der Waals surface area contributed by atoms with Crippen LogP contribution in [0.5, 0.6) is 5.88 Å². The number of piperidine rings is 1. The maximum Gasteiger partial charge on any atom is 0.395 e.